The maximum Gasteiger partial charge on any atom is 0.119 e. The molecular weight excluding hydrogens is 262 g/mol. The molecule has 1 N–H and O–H groups in total. The van der Waals surface area contributed by atoms with Gasteiger partial charge in [0, 0.05) is 13.1 Å². The van der Waals surface area contributed by atoms with Crippen molar-refractivity contribution >= 4 is 0 Å². The van der Waals surface area contributed by atoms with Gasteiger partial charge in [-0.05, 0) is 55.8 Å². The molecule has 0 aromatic heterocycles. The van der Waals surface area contributed by atoms with Gasteiger partial charge in [-0.1, -0.05) is 26.0 Å². The Kier molecular flexibility index (Phi) is 5.65. The molecule has 2 rings (SSSR count). The van der Waals surface area contributed by atoms with E-state index in [1.165, 1.54) is 19.3 Å². The SMILES string of the molecule is CCOc1ccc(C(O)CN2CCC(CC)(CC)C2)cc1. The number of aliphatic hydroxyl groups is 1. The van der Waals surface area contributed by atoms with Crippen LogP contribution in [0.2, 0.25) is 0 Å². The first-order chi connectivity index (χ1) is 10.1. The van der Waals surface area contributed by atoms with E-state index in [9.17, 15) is 5.11 Å². The summed E-state index contributed by atoms with van der Waals surface area (Å²) in [6, 6.07) is 7.82. The van der Waals surface area contributed by atoms with E-state index < -0.39 is 6.10 Å². The average molecular weight is 291 g/mol. The first kappa shape index (κ1) is 16.3. The van der Waals surface area contributed by atoms with E-state index >= 15 is 0 Å². The lowest BCUT2D eigenvalue weighted by atomic mass is 9.82. The second kappa shape index (κ2) is 7.28. The van der Waals surface area contributed by atoms with E-state index in [1.807, 2.05) is 31.2 Å². The number of hydrogen-bond acceptors (Lipinski definition) is 3. The highest BCUT2D eigenvalue weighted by Crippen LogP contribution is 2.37. The van der Waals surface area contributed by atoms with Crippen LogP contribution < -0.4 is 4.74 Å². The van der Waals surface area contributed by atoms with Gasteiger partial charge in [0.15, 0.2) is 0 Å². The van der Waals surface area contributed by atoms with Crippen molar-refractivity contribution in [2.75, 3.05) is 26.2 Å². The Balaban J connectivity index is 1.91. The van der Waals surface area contributed by atoms with Crippen molar-refractivity contribution in [2.45, 2.75) is 46.1 Å². The Labute approximate surface area is 128 Å². The minimum absolute atomic E-state index is 0.412. The summed E-state index contributed by atoms with van der Waals surface area (Å²) in [4.78, 5) is 2.41. The van der Waals surface area contributed by atoms with Crippen LogP contribution in [0.4, 0.5) is 0 Å². The molecule has 1 aromatic carbocycles. The number of benzene rings is 1. The third-order valence-electron chi connectivity index (χ3n) is 5.02. The van der Waals surface area contributed by atoms with E-state index in [-0.39, 0.29) is 0 Å². The Morgan fingerprint density at radius 1 is 1.19 bits per heavy atom. The number of ether oxygens (including phenoxy) is 1. The Morgan fingerprint density at radius 3 is 2.38 bits per heavy atom. The van der Waals surface area contributed by atoms with Crippen molar-refractivity contribution in [3.63, 3.8) is 0 Å². The second-order valence-electron chi connectivity index (χ2n) is 6.21. The van der Waals surface area contributed by atoms with Crippen LogP contribution in [-0.4, -0.2) is 36.2 Å². The molecule has 1 saturated heterocycles. The summed E-state index contributed by atoms with van der Waals surface area (Å²) in [5, 5.41) is 10.4. The normalized spacial score (nSPS) is 19.6. The highest BCUT2D eigenvalue weighted by atomic mass is 16.5. The van der Waals surface area contributed by atoms with Gasteiger partial charge in [-0.25, -0.2) is 0 Å². The smallest absolute Gasteiger partial charge is 0.119 e. The number of hydrogen-bond donors (Lipinski definition) is 1. The fourth-order valence-corrected chi connectivity index (χ4v) is 3.31. The highest BCUT2D eigenvalue weighted by Gasteiger charge is 2.35. The van der Waals surface area contributed by atoms with E-state index in [1.54, 1.807) is 0 Å². The van der Waals surface area contributed by atoms with E-state index in [4.69, 9.17) is 4.74 Å². The zero-order chi connectivity index (χ0) is 15.3. The maximum absolute atomic E-state index is 10.4. The van der Waals surface area contributed by atoms with Gasteiger partial charge in [-0.2, -0.15) is 0 Å². The van der Waals surface area contributed by atoms with Crippen LogP contribution in [0.15, 0.2) is 24.3 Å². The van der Waals surface area contributed by atoms with Gasteiger partial charge in [0.2, 0.25) is 0 Å². The predicted molar refractivity (Wildman–Crippen MR) is 86.6 cm³/mol. The number of β-amino-alcohol motifs (C(OH)–C–C–N with tert-alkyl or cyclic N) is 1. The van der Waals surface area contributed by atoms with Gasteiger partial charge >= 0.3 is 0 Å². The molecule has 0 amide bonds. The van der Waals surface area contributed by atoms with Crippen LogP contribution in [0, 0.1) is 5.41 Å². The van der Waals surface area contributed by atoms with Gasteiger partial charge in [0.1, 0.15) is 5.75 Å². The maximum atomic E-state index is 10.4. The average Bonchev–Trinajstić information content (AvgIpc) is 2.92. The molecule has 0 radical (unpaired) electrons. The van der Waals surface area contributed by atoms with Gasteiger partial charge in [-0.15, -0.1) is 0 Å². The molecule has 1 atom stereocenters. The van der Waals surface area contributed by atoms with Crippen LogP contribution in [0.3, 0.4) is 0 Å². The van der Waals surface area contributed by atoms with Crippen molar-refractivity contribution in [2.24, 2.45) is 5.41 Å². The Hall–Kier alpha value is -1.06. The lowest BCUT2D eigenvalue weighted by Gasteiger charge is -2.27. The number of rotatable bonds is 7. The van der Waals surface area contributed by atoms with Crippen molar-refractivity contribution in [3.8, 4) is 5.75 Å². The van der Waals surface area contributed by atoms with Crippen molar-refractivity contribution < 1.29 is 9.84 Å². The fraction of sp³-hybridized carbons (Fsp3) is 0.667. The summed E-state index contributed by atoms with van der Waals surface area (Å²) in [6.07, 6.45) is 3.32. The molecule has 0 spiro atoms. The standard InChI is InChI=1S/C18H29NO2/c1-4-18(5-2)11-12-19(14-18)13-17(20)15-7-9-16(10-8-15)21-6-3/h7-10,17,20H,4-6,11-14H2,1-3H3. The van der Waals surface area contributed by atoms with E-state index in [2.05, 4.69) is 18.7 Å². The Bertz CT molecular complexity index is 425. The quantitative estimate of drug-likeness (QED) is 0.832. The number of nitrogens with zero attached hydrogens (tertiary/aromatic N) is 1. The van der Waals surface area contributed by atoms with Crippen LogP contribution in [0.5, 0.6) is 5.75 Å². The van der Waals surface area contributed by atoms with Crippen LogP contribution in [0.25, 0.3) is 0 Å². The molecular formula is C18H29NO2. The molecule has 21 heavy (non-hydrogen) atoms. The lowest BCUT2D eigenvalue weighted by molar-refractivity contribution is 0.117. The molecule has 1 aromatic rings. The summed E-state index contributed by atoms with van der Waals surface area (Å²) >= 11 is 0. The summed E-state index contributed by atoms with van der Waals surface area (Å²) < 4.78 is 5.44. The summed E-state index contributed by atoms with van der Waals surface area (Å²) in [7, 11) is 0. The molecule has 1 aliphatic heterocycles. The van der Waals surface area contributed by atoms with Crippen LogP contribution in [0.1, 0.15) is 51.7 Å². The number of aliphatic hydroxyl groups excluding tert-OH is 1. The largest absolute Gasteiger partial charge is 0.494 e. The van der Waals surface area contributed by atoms with Crippen LogP contribution >= 0.6 is 0 Å². The molecule has 3 heteroatoms. The summed E-state index contributed by atoms with van der Waals surface area (Å²) in [6.45, 7) is 10.2. The fourth-order valence-electron chi connectivity index (χ4n) is 3.31. The van der Waals surface area contributed by atoms with Gasteiger partial charge < -0.3 is 9.84 Å². The second-order valence-corrected chi connectivity index (χ2v) is 6.21. The monoisotopic (exact) mass is 291 g/mol. The van der Waals surface area contributed by atoms with Crippen molar-refractivity contribution in [1.82, 2.24) is 4.90 Å². The molecule has 1 fully saturated rings. The third-order valence-corrected chi connectivity index (χ3v) is 5.02. The van der Waals surface area contributed by atoms with Crippen molar-refractivity contribution in [3.05, 3.63) is 29.8 Å². The molecule has 118 valence electrons. The Morgan fingerprint density at radius 2 is 1.86 bits per heavy atom. The summed E-state index contributed by atoms with van der Waals surface area (Å²) in [5.74, 6) is 0.866. The van der Waals surface area contributed by atoms with Gasteiger partial charge in [0.25, 0.3) is 0 Å². The molecule has 1 unspecified atom stereocenters. The molecule has 0 aliphatic carbocycles. The van der Waals surface area contributed by atoms with Crippen molar-refractivity contribution in [1.29, 1.82) is 0 Å². The lowest BCUT2D eigenvalue weighted by Crippen LogP contribution is -2.30. The molecule has 1 aliphatic rings. The van der Waals surface area contributed by atoms with Crippen LogP contribution in [-0.2, 0) is 0 Å². The minimum Gasteiger partial charge on any atom is -0.494 e. The zero-order valence-corrected chi connectivity index (χ0v) is 13.6. The third kappa shape index (κ3) is 3.98. The molecule has 3 nitrogen and oxygen atoms in total. The minimum atomic E-state index is -0.412. The van der Waals surface area contributed by atoms with Gasteiger partial charge in [0.05, 0.1) is 12.7 Å². The number of likely N-dealkylation sites (tertiary alicyclic amines) is 1. The molecule has 1 heterocycles. The first-order valence-electron chi connectivity index (χ1n) is 8.25. The van der Waals surface area contributed by atoms with Gasteiger partial charge in [-0.3, -0.25) is 4.90 Å². The first-order valence-corrected chi connectivity index (χ1v) is 8.25. The topological polar surface area (TPSA) is 32.7 Å². The molecule has 0 saturated carbocycles. The predicted octanol–water partition coefficient (Wildman–Crippen LogP) is 3.63. The molecule has 0 bridgehead atoms. The zero-order valence-electron chi connectivity index (χ0n) is 13.6. The van der Waals surface area contributed by atoms with E-state index in [0.717, 1.165) is 30.9 Å². The summed E-state index contributed by atoms with van der Waals surface area (Å²) in [5.41, 5.74) is 1.45. The van der Waals surface area contributed by atoms with E-state index in [0.29, 0.717) is 12.0 Å². The highest BCUT2D eigenvalue weighted by molar-refractivity contribution is 5.28.